The third-order valence-electron chi connectivity index (χ3n) is 3.12. The maximum absolute atomic E-state index is 13.0. The van der Waals surface area contributed by atoms with Crippen molar-refractivity contribution in [2.24, 2.45) is 0 Å². The van der Waals surface area contributed by atoms with Crippen LogP contribution in [-0.4, -0.2) is 16.7 Å². The summed E-state index contributed by atoms with van der Waals surface area (Å²) in [6, 6.07) is 8.97. The van der Waals surface area contributed by atoms with E-state index in [1.54, 1.807) is 0 Å². The highest BCUT2D eigenvalue weighted by atomic mass is 19.1. The van der Waals surface area contributed by atoms with E-state index in [2.05, 4.69) is 10.9 Å². The molecule has 0 atom stereocenters. The molecular weight excluding hydrogens is 305 g/mol. The first-order chi connectivity index (χ1) is 10.9. The van der Waals surface area contributed by atoms with Crippen LogP contribution in [0.1, 0.15) is 26.3 Å². The van der Waals surface area contributed by atoms with E-state index in [1.165, 1.54) is 43.3 Å². The molecule has 2 rings (SSSR count). The molecule has 0 aliphatic heterocycles. The minimum Gasteiger partial charge on any atom is -0.267 e. The molecule has 0 saturated carbocycles. The minimum atomic E-state index is -0.712. The van der Waals surface area contributed by atoms with E-state index in [9.17, 15) is 24.1 Å². The zero-order valence-electron chi connectivity index (χ0n) is 12.0. The summed E-state index contributed by atoms with van der Waals surface area (Å²) in [5.74, 6) is -2.00. The van der Waals surface area contributed by atoms with E-state index < -0.39 is 22.6 Å². The normalized spacial score (nSPS) is 10.0. The highest BCUT2D eigenvalue weighted by molar-refractivity contribution is 6.00. The molecule has 0 saturated heterocycles. The first-order valence-corrected chi connectivity index (χ1v) is 6.50. The van der Waals surface area contributed by atoms with Crippen LogP contribution in [0.25, 0.3) is 0 Å². The predicted molar refractivity (Wildman–Crippen MR) is 79.2 cm³/mol. The Morgan fingerprint density at radius 1 is 1.09 bits per heavy atom. The van der Waals surface area contributed by atoms with Crippen LogP contribution >= 0.6 is 0 Å². The van der Waals surface area contributed by atoms with Crippen LogP contribution in [0.5, 0.6) is 0 Å². The lowest BCUT2D eigenvalue weighted by Gasteiger charge is -2.09. The quantitative estimate of drug-likeness (QED) is 0.668. The standard InChI is InChI=1S/C15H12FN3O4/c1-9-12(6-3-7-13(9)19(22)23)15(21)18-17-14(20)10-4-2-5-11(16)8-10/h2-8H,1H3,(H,17,20)(H,18,21). The van der Waals surface area contributed by atoms with Gasteiger partial charge in [0.15, 0.2) is 0 Å². The van der Waals surface area contributed by atoms with Gasteiger partial charge in [-0.2, -0.15) is 0 Å². The van der Waals surface area contributed by atoms with Crippen LogP contribution in [0.4, 0.5) is 10.1 Å². The van der Waals surface area contributed by atoms with Gasteiger partial charge in [0.1, 0.15) is 5.82 Å². The van der Waals surface area contributed by atoms with Crippen LogP contribution in [0.15, 0.2) is 42.5 Å². The van der Waals surface area contributed by atoms with Gasteiger partial charge in [-0.25, -0.2) is 4.39 Å². The number of nitro groups is 1. The smallest absolute Gasteiger partial charge is 0.267 e. The molecule has 0 fully saturated rings. The Hall–Kier alpha value is -3.29. The van der Waals surface area contributed by atoms with Crippen molar-refractivity contribution in [2.75, 3.05) is 0 Å². The topological polar surface area (TPSA) is 101 Å². The summed E-state index contributed by atoms with van der Waals surface area (Å²) in [7, 11) is 0. The van der Waals surface area contributed by atoms with Crippen molar-refractivity contribution < 1.29 is 18.9 Å². The molecule has 0 bridgehead atoms. The molecule has 0 radical (unpaired) electrons. The van der Waals surface area contributed by atoms with Crippen LogP contribution < -0.4 is 10.9 Å². The van der Waals surface area contributed by atoms with Crippen molar-refractivity contribution >= 4 is 17.5 Å². The van der Waals surface area contributed by atoms with Crippen LogP contribution in [0.3, 0.4) is 0 Å². The fourth-order valence-corrected chi connectivity index (χ4v) is 1.95. The van der Waals surface area contributed by atoms with Gasteiger partial charge in [-0.1, -0.05) is 12.1 Å². The average molecular weight is 317 g/mol. The molecule has 7 nitrogen and oxygen atoms in total. The van der Waals surface area contributed by atoms with Gasteiger partial charge >= 0.3 is 0 Å². The minimum absolute atomic E-state index is 0.0288. The number of amides is 2. The summed E-state index contributed by atoms with van der Waals surface area (Å²) in [4.78, 5) is 34.1. The molecule has 2 aromatic rings. The first-order valence-electron chi connectivity index (χ1n) is 6.50. The van der Waals surface area contributed by atoms with Crippen molar-refractivity contribution in [2.45, 2.75) is 6.92 Å². The summed E-state index contributed by atoms with van der Waals surface area (Å²) < 4.78 is 13.0. The maximum Gasteiger partial charge on any atom is 0.273 e. The fourth-order valence-electron chi connectivity index (χ4n) is 1.95. The Kier molecular flexibility index (Phi) is 4.65. The number of carbonyl (C=O) groups is 2. The summed E-state index contributed by atoms with van der Waals surface area (Å²) in [6.45, 7) is 1.43. The molecule has 0 heterocycles. The lowest BCUT2D eigenvalue weighted by molar-refractivity contribution is -0.385. The number of rotatable bonds is 3. The molecule has 0 spiro atoms. The summed E-state index contributed by atoms with van der Waals surface area (Å²) in [5, 5.41) is 10.8. The third kappa shape index (κ3) is 3.67. The number of nitro benzene ring substituents is 1. The van der Waals surface area contributed by atoms with Gasteiger partial charge < -0.3 is 0 Å². The Bertz CT molecular complexity index is 792. The van der Waals surface area contributed by atoms with E-state index >= 15 is 0 Å². The van der Waals surface area contributed by atoms with E-state index in [0.29, 0.717) is 0 Å². The number of hydrogen-bond donors (Lipinski definition) is 2. The number of hydrogen-bond acceptors (Lipinski definition) is 4. The predicted octanol–water partition coefficient (Wildman–Crippen LogP) is 2.12. The van der Waals surface area contributed by atoms with Gasteiger partial charge in [0, 0.05) is 17.2 Å². The Balaban J connectivity index is 2.10. The largest absolute Gasteiger partial charge is 0.273 e. The monoisotopic (exact) mass is 317 g/mol. The van der Waals surface area contributed by atoms with Crippen LogP contribution in [0, 0.1) is 22.9 Å². The molecule has 2 aromatic carbocycles. The van der Waals surface area contributed by atoms with Crippen LogP contribution in [0.2, 0.25) is 0 Å². The van der Waals surface area contributed by atoms with Gasteiger partial charge in [0.05, 0.1) is 10.5 Å². The zero-order chi connectivity index (χ0) is 17.0. The summed E-state index contributed by atoms with van der Waals surface area (Å²) in [6.07, 6.45) is 0. The second-order valence-electron chi connectivity index (χ2n) is 4.63. The number of nitrogens with zero attached hydrogens (tertiary/aromatic N) is 1. The molecule has 0 aromatic heterocycles. The van der Waals surface area contributed by atoms with Crippen LogP contribution in [-0.2, 0) is 0 Å². The number of hydrazine groups is 1. The van der Waals surface area contributed by atoms with Crippen molar-refractivity contribution in [3.8, 4) is 0 Å². The summed E-state index contributed by atoms with van der Waals surface area (Å²) >= 11 is 0. The molecule has 23 heavy (non-hydrogen) atoms. The van der Waals surface area contributed by atoms with E-state index in [4.69, 9.17) is 0 Å². The highest BCUT2D eigenvalue weighted by Crippen LogP contribution is 2.20. The maximum atomic E-state index is 13.0. The number of nitrogens with one attached hydrogen (secondary N) is 2. The fraction of sp³-hybridized carbons (Fsp3) is 0.0667. The lowest BCUT2D eigenvalue weighted by atomic mass is 10.1. The van der Waals surface area contributed by atoms with Gasteiger partial charge in [-0.3, -0.25) is 30.6 Å². The van der Waals surface area contributed by atoms with Gasteiger partial charge in [-0.15, -0.1) is 0 Å². The van der Waals surface area contributed by atoms with Crippen molar-refractivity contribution in [3.63, 3.8) is 0 Å². The molecule has 8 heteroatoms. The molecule has 118 valence electrons. The van der Waals surface area contributed by atoms with E-state index in [0.717, 1.165) is 6.07 Å². The zero-order valence-corrected chi connectivity index (χ0v) is 12.0. The number of halogens is 1. The molecule has 2 amide bonds. The molecule has 0 aliphatic rings. The Labute approximate surface area is 130 Å². The van der Waals surface area contributed by atoms with Gasteiger partial charge in [0.25, 0.3) is 17.5 Å². The lowest BCUT2D eigenvalue weighted by Crippen LogP contribution is -2.41. The van der Waals surface area contributed by atoms with E-state index in [1.807, 2.05) is 0 Å². The van der Waals surface area contributed by atoms with Gasteiger partial charge in [-0.05, 0) is 31.2 Å². The molecule has 0 unspecified atom stereocenters. The second-order valence-corrected chi connectivity index (χ2v) is 4.63. The Morgan fingerprint density at radius 3 is 2.39 bits per heavy atom. The Morgan fingerprint density at radius 2 is 1.74 bits per heavy atom. The van der Waals surface area contributed by atoms with Gasteiger partial charge in [0.2, 0.25) is 0 Å². The molecule has 2 N–H and O–H groups in total. The molecule has 0 aliphatic carbocycles. The van der Waals surface area contributed by atoms with Crippen molar-refractivity contribution in [1.29, 1.82) is 0 Å². The third-order valence-corrected chi connectivity index (χ3v) is 3.12. The van der Waals surface area contributed by atoms with Crippen molar-refractivity contribution in [3.05, 3.63) is 75.1 Å². The SMILES string of the molecule is Cc1c(C(=O)NNC(=O)c2cccc(F)c2)cccc1[N+](=O)[O-]. The van der Waals surface area contributed by atoms with Crippen molar-refractivity contribution in [1.82, 2.24) is 10.9 Å². The summed E-state index contributed by atoms with van der Waals surface area (Å²) in [5.41, 5.74) is 4.32. The second kappa shape index (κ2) is 6.65. The average Bonchev–Trinajstić information content (AvgIpc) is 2.52. The number of benzene rings is 2. The molecular formula is C15H12FN3O4. The highest BCUT2D eigenvalue weighted by Gasteiger charge is 2.18. The number of carbonyl (C=O) groups excluding carboxylic acids is 2. The van der Waals surface area contributed by atoms with E-state index in [-0.39, 0.29) is 22.4 Å². The first kappa shape index (κ1) is 16.1.